The number of urea groups is 1. The molecule has 0 radical (unpaired) electrons. The molecule has 1 atom stereocenters. The number of nitrogens with zero attached hydrogens (tertiary/aromatic N) is 2. The van der Waals surface area contributed by atoms with Gasteiger partial charge < -0.3 is 16.4 Å². The second kappa shape index (κ2) is 10.5. The van der Waals surface area contributed by atoms with Gasteiger partial charge in [-0.2, -0.15) is 4.31 Å². The summed E-state index contributed by atoms with van der Waals surface area (Å²) in [6.07, 6.45) is -1.40. The Bertz CT molecular complexity index is 1300. The molecule has 2 heterocycles. The maximum absolute atomic E-state index is 13.3. The summed E-state index contributed by atoms with van der Waals surface area (Å²) in [5, 5.41) is 6.97. The van der Waals surface area contributed by atoms with Gasteiger partial charge in [0, 0.05) is 31.9 Å². The zero-order valence-electron chi connectivity index (χ0n) is 18.6. The van der Waals surface area contributed by atoms with E-state index in [1.807, 2.05) is 24.3 Å². The summed E-state index contributed by atoms with van der Waals surface area (Å²) in [6, 6.07) is 14.8. The van der Waals surface area contributed by atoms with Gasteiger partial charge in [0.05, 0.1) is 0 Å². The molecule has 0 spiro atoms. The van der Waals surface area contributed by atoms with Crippen LogP contribution in [0.4, 0.5) is 14.9 Å². The van der Waals surface area contributed by atoms with Crippen LogP contribution in [0.1, 0.15) is 11.1 Å². The second-order valence-corrected chi connectivity index (χ2v) is 10.9. The first kappa shape index (κ1) is 24.8. The minimum Gasteiger partial charge on any atom is -0.349 e. The van der Waals surface area contributed by atoms with E-state index in [0.717, 1.165) is 31.7 Å². The average Bonchev–Trinajstić information content (AvgIpc) is 3.55. The highest BCUT2D eigenvalue weighted by molar-refractivity contribution is 7.91. The van der Waals surface area contributed by atoms with Crippen molar-refractivity contribution in [1.29, 1.82) is 0 Å². The van der Waals surface area contributed by atoms with E-state index in [1.54, 1.807) is 11.4 Å². The van der Waals surface area contributed by atoms with E-state index in [9.17, 15) is 22.4 Å². The lowest BCUT2D eigenvalue weighted by molar-refractivity contribution is -0.127. The van der Waals surface area contributed by atoms with Crippen molar-refractivity contribution < 1.29 is 22.4 Å². The van der Waals surface area contributed by atoms with Gasteiger partial charge in [0.25, 0.3) is 15.9 Å². The SMILES string of the molecule is NCc1cccc(CNC(=O)C2N(C(=O)Nc3ccc(F)cc3)CCN2S(=O)(=O)c2cccs2)c1. The monoisotopic (exact) mass is 517 g/mol. The molecular weight excluding hydrogens is 493 g/mol. The maximum Gasteiger partial charge on any atom is 0.323 e. The van der Waals surface area contributed by atoms with E-state index < -0.39 is 33.9 Å². The van der Waals surface area contributed by atoms with Gasteiger partial charge in [0.1, 0.15) is 10.0 Å². The fourth-order valence-electron chi connectivity index (χ4n) is 3.74. The van der Waals surface area contributed by atoms with Gasteiger partial charge in [-0.25, -0.2) is 17.6 Å². The molecule has 35 heavy (non-hydrogen) atoms. The number of hydrogen-bond acceptors (Lipinski definition) is 6. The number of carbonyl (C=O) groups is 2. The Kier molecular flexibility index (Phi) is 7.45. The minimum absolute atomic E-state index is 0.00161. The lowest BCUT2D eigenvalue weighted by atomic mass is 10.1. The Balaban J connectivity index is 1.58. The van der Waals surface area contributed by atoms with E-state index in [0.29, 0.717) is 12.2 Å². The largest absolute Gasteiger partial charge is 0.349 e. The number of nitrogens with one attached hydrogen (secondary N) is 2. The third-order valence-corrected chi connectivity index (χ3v) is 8.70. The minimum atomic E-state index is -4.02. The molecule has 0 saturated carbocycles. The quantitative estimate of drug-likeness (QED) is 0.444. The van der Waals surface area contributed by atoms with Crippen LogP contribution < -0.4 is 16.4 Å². The summed E-state index contributed by atoms with van der Waals surface area (Å²) in [4.78, 5) is 27.5. The summed E-state index contributed by atoms with van der Waals surface area (Å²) in [6.45, 7) is 0.411. The van der Waals surface area contributed by atoms with E-state index in [2.05, 4.69) is 10.6 Å². The van der Waals surface area contributed by atoms with Crippen molar-refractivity contribution in [2.24, 2.45) is 5.73 Å². The average molecular weight is 518 g/mol. The lowest BCUT2D eigenvalue weighted by Crippen LogP contribution is -2.54. The third kappa shape index (κ3) is 5.51. The Morgan fingerprint density at radius 3 is 2.49 bits per heavy atom. The summed E-state index contributed by atoms with van der Waals surface area (Å²) in [5.41, 5.74) is 7.67. The number of hydrogen-bond donors (Lipinski definition) is 3. The number of nitrogens with two attached hydrogens (primary N) is 1. The predicted molar refractivity (Wildman–Crippen MR) is 130 cm³/mol. The number of halogens is 1. The van der Waals surface area contributed by atoms with Crippen LogP contribution >= 0.6 is 11.3 Å². The van der Waals surface area contributed by atoms with Crippen LogP contribution in [0, 0.1) is 5.82 Å². The number of anilines is 1. The number of amides is 3. The standard InChI is InChI=1S/C23H24FN5O4S2/c24-18-6-8-19(9-7-18)27-23(31)28-10-11-29(35(32,33)20-5-2-12-34-20)22(28)21(30)26-15-17-4-1-3-16(13-17)14-25/h1-9,12-13,22H,10-11,14-15,25H2,(H,26,30)(H,27,31). The van der Waals surface area contributed by atoms with Crippen molar-refractivity contribution in [3.05, 3.63) is 83.0 Å². The number of thiophene rings is 1. The highest BCUT2D eigenvalue weighted by atomic mass is 32.2. The molecule has 4 rings (SSSR count). The predicted octanol–water partition coefficient (Wildman–Crippen LogP) is 2.53. The Hall–Kier alpha value is -3.32. The molecule has 1 saturated heterocycles. The van der Waals surface area contributed by atoms with Gasteiger partial charge in [-0.1, -0.05) is 30.3 Å². The molecule has 12 heteroatoms. The molecule has 9 nitrogen and oxygen atoms in total. The van der Waals surface area contributed by atoms with Crippen LogP contribution in [-0.2, 0) is 27.9 Å². The molecule has 1 aliphatic heterocycles. The van der Waals surface area contributed by atoms with Crippen molar-refractivity contribution in [2.75, 3.05) is 18.4 Å². The summed E-state index contributed by atoms with van der Waals surface area (Å²) < 4.78 is 40.9. The first-order chi connectivity index (χ1) is 16.8. The Morgan fingerprint density at radius 2 is 1.80 bits per heavy atom. The van der Waals surface area contributed by atoms with Gasteiger partial charge in [0.2, 0.25) is 0 Å². The number of benzene rings is 2. The molecule has 1 unspecified atom stereocenters. The van der Waals surface area contributed by atoms with E-state index in [-0.39, 0.29) is 23.8 Å². The molecule has 3 aromatic rings. The molecule has 4 N–H and O–H groups in total. The van der Waals surface area contributed by atoms with Crippen LogP contribution in [0.2, 0.25) is 0 Å². The van der Waals surface area contributed by atoms with Crippen molar-refractivity contribution >= 4 is 39.0 Å². The van der Waals surface area contributed by atoms with Gasteiger partial charge in [-0.15, -0.1) is 11.3 Å². The van der Waals surface area contributed by atoms with E-state index in [1.165, 1.54) is 30.3 Å². The zero-order chi connectivity index (χ0) is 25.0. The van der Waals surface area contributed by atoms with Gasteiger partial charge in [-0.05, 0) is 46.8 Å². The molecule has 0 aliphatic carbocycles. The summed E-state index contributed by atoms with van der Waals surface area (Å²) in [5.74, 6) is -1.11. The number of carbonyl (C=O) groups excluding carboxylic acids is 2. The first-order valence-electron chi connectivity index (χ1n) is 10.7. The van der Waals surface area contributed by atoms with Gasteiger partial charge >= 0.3 is 6.03 Å². The van der Waals surface area contributed by atoms with Gasteiger partial charge in [-0.3, -0.25) is 9.69 Å². The number of sulfonamides is 1. The molecule has 0 bridgehead atoms. The van der Waals surface area contributed by atoms with Crippen molar-refractivity contribution in [3.8, 4) is 0 Å². The van der Waals surface area contributed by atoms with Crippen LogP contribution in [-0.4, -0.2) is 48.8 Å². The van der Waals surface area contributed by atoms with E-state index >= 15 is 0 Å². The summed E-state index contributed by atoms with van der Waals surface area (Å²) in [7, 11) is -4.02. The van der Waals surface area contributed by atoms with Crippen molar-refractivity contribution in [2.45, 2.75) is 23.5 Å². The summed E-state index contributed by atoms with van der Waals surface area (Å²) >= 11 is 1.03. The molecule has 1 aliphatic rings. The van der Waals surface area contributed by atoms with Crippen LogP contribution in [0.15, 0.2) is 70.3 Å². The van der Waals surface area contributed by atoms with Crippen LogP contribution in [0.25, 0.3) is 0 Å². The highest BCUT2D eigenvalue weighted by Gasteiger charge is 2.46. The highest BCUT2D eigenvalue weighted by Crippen LogP contribution is 2.28. The molecule has 184 valence electrons. The third-order valence-electron chi connectivity index (χ3n) is 5.47. The zero-order valence-corrected chi connectivity index (χ0v) is 20.2. The van der Waals surface area contributed by atoms with Crippen LogP contribution in [0.3, 0.4) is 0 Å². The number of rotatable bonds is 7. The molecular formula is C23H24FN5O4S2. The van der Waals surface area contributed by atoms with Crippen LogP contribution in [0.5, 0.6) is 0 Å². The van der Waals surface area contributed by atoms with E-state index in [4.69, 9.17) is 5.73 Å². The molecule has 3 amide bonds. The maximum atomic E-state index is 13.3. The Labute approximate surface area is 206 Å². The topological polar surface area (TPSA) is 125 Å². The van der Waals surface area contributed by atoms with Crippen molar-refractivity contribution in [1.82, 2.24) is 14.5 Å². The molecule has 1 aromatic heterocycles. The van der Waals surface area contributed by atoms with Gasteiger partial charge in [0.15, 0.2) is 6.17 Å². The molecule has 1 fully saturated rings. The molecule has 2 aromatic carbocycles. The van der Waals surface area contributed by atoms with Crippen molar-refractivity contribution in [3.63, 3.8) is 0 Å². The first-order valence-corrected chi connectivity index (χ1v) is 13.1. The fraction of sp³-hybridized carbons (Fsp3) is 0.217. The lowest BCUT2D eigenvalue weighted by Gasteiger charge is -2.28. The second-order valence-electron chi connectivity index (χ2n) is 7.79. The Morgan fingerprint density at radius 1 is 1.06 bits per heavy atom. The normalized spacial score (nSPS) is 16.3. The smallest absolute Gasteiger partial charge is 0.323 e. The fourth-order valence-corrected chi connectivity index (χ4v) is 6.41.